The van der Waals surface area contributed by atoms with Crippen molar-refractivity contribution in [3.63, 3.8) is 0 Å². The van der Waals surface area contributed by atoms with Crippen molar-refractivity contribution in [1.29, 1.82) is 0 Å². The first kappa shape index (κ1) is 25.4. The average molecular weight is 517 g/mol. The predicted octanol–water partition coefficient (Wildman–Crippen LogP) is 4.13. The van der Waals surface area contributed by atoms with Crippen molar-refractivity contribution in [1.82, 2.24) is 14.9 Å². The third kappa shape index (κ3) is 6.20. The van der Waals surface area contributed by atoms with Gasteiger partial charge in [0.25, 0.3) is 0 Å². The number of aromatic nitrogens is 2. The van der Waals surface area contributed by atoms with Gasteiger partial charge in [-0.3, -0.25) is 9.69 Å². The van der Waals surface area contributed by atoms with Crippen molar-refractivity contribution in [2.75, 3.05) is 13.2 Å². The number of ether oxygens (including phenoxy) is 1. The lowest BCUT2D eigenvalue weighted by Gasteiger charge is -2.23. The predicted molar refractivity (Wildman–Crippen MR) is 105 cm³/mol. The van der Waals surface area contributed by atoms with Crippen LogP contribution >= 0.6 is 22.7 Å². The molecule has 0 radical (unpaired) electrons. The van der Waals surface area contributed by atoms with Gasteiger partial charge in [-0.15, -0.1) is 22.7 Å². The molecule has 1 N–H and O–H groups in total. The fourth-order valence-electron chi connectivity index (χ4n) is 3.33. The molecule has 0 aliphatic carbocycles. The largest absolute Gasteiger partial charge is 0.440 e. The van der Waals surface area contributed by atoms with E-state index in [-0.39, 0.29) is 11.6 Å². The molecule has 1 unspecified atom stereocenters. The fraction of sp³-hybridized carbons (Fsp3) is 0.556. The highest BCUT2D eigenvalue weighted by Crippen LogP contribution is 2.38. The number of rotatable bonds is 6. The second-order valence-corrected chi connectivity index (χ2v) is 9.29. The van der Waals surface area contributed by atoms with Gasteiger partial charge in [0.1, 0.15) is 10.0 Å². The Morgan fingerprint density at radius 1 is 1.21 bits per heavy atom. The Morgan fingerprint density at radius 3 is 2.48 bits per heavy atom. The molecule has 1 amide bonds. The number of likely N-dealkylation sites (tertiary alicyclic amines) is 1. The number of thiazole rings is 2. The third-order valence-electron chi connectivity index (χ3n) is 4.82. The summed E-state index contributed by atoms with van der Waals surface area (Å²) < 4.78 is 80.7. The molecule has 33 heavy (non-hydrogen) atoms. The van der Waals surface area contributed by atoms with Gasteiger partial charge in [-0.25, -0.2) is 14.8 Å². The lowest BCUT2D eigenvalue weighted by Crippen LogP contribution is -2.42. The average Bonchev–Trinajstić information content (AvgIpc) is 3.42. The number of nitrogens with zero attached hydrogens (tertiary/aromatic N) is 3. The van der Waals surface area contributed by atoms with Crippen LogP contribution in [0.25, 0.3) is 10.6 Å². The van der Waals surface area contributed by atoms with E-state index in [1.165, 1.54) is 11.3 Å². The minimum absolute atomic E-state index is 0.257. The standard InChI is InChI=1S/C18H17F6N3O4S2/c1-8-15(33-14(5-28)25-8)10-6-32-13(26-10)3-12(29)11-2-9(18(22,23)24)4-27(11)16(30)31-7-17(19,20)21/h6,9,11,28H,2-5,7H2,1H3/t9-,11?/m0/s1. The maximum Gasteiger partial charge on any atom is 0.422 e. The van der Waals surface area contributed by atoms with Gasteiger partial charge >= 0.3 is 18.4 Å². The zero-order valence-electron chi connectivity index (χ0n) is 16.9. The highest BCUT2D eigenvalue weighted by molar-refractivity contribution is 7.16. The first-order chi connectivity index (χ1) is 15.3. The van der Waals surface area contributed by atoms with Crippen molar-refractivity contribution < 1.29 is 45.8 Å². The minimum Gasteiger partial charge on any atom is -0.440 e. The van der Waals surface area contributed by atoms with Crippen LogP contribution < -0.4 is 0 Å². The van der Waals surface area contributed by atoms with Gasteiger partial charge in [-0.1, -0.05) is 0 Å². The van der Waals surface area contributed by atoms with Gasteiger partial charge in [0.2, 0.25) is 0 Å². The number of carbonyl (C=O) groups excluding carboxylic acids is 2. The summed E-state index contributed by atoms with van der Waals surface area (Å²) in [5, 5.41) is 11.5. The summed E-state index contributed by atoms with van der Waals surface area (Å²) in [4.78, 5) is 34.3. The van der Waals surface area contributed by atoms with Crippen LogP contribution in [-0.4, -0.2) is 63.4 Å². The molecule has 1 aliphatic heterocycles. The van der Waals surface area contributed by atoms with Gasteiger partial charge in [-0.05, 0) is 13.3 Å². The Kier molecular flexibility index (Phi) is 7.33. The van der Waals surface area contributed by atoms with Gasteiger partial charge in [-0.2, -0.15) is 26.3 Å². The van der Waals surface area contributed by atoms with E-state index in [0.717, 1.165) is 11.3 Å². The summed E-state index contributed by atoms with van der Waals surface area (Å²) in [6.45, 7) is -1.50. The quantitative estimate of drug-likeness (QED) is 0.580. The number of hydrogen-bond acceptors (Lipinski definition) is 8. The number of halogens is 6. The number of aliphatic hydroxyl groups is 1. The number of hydrogen-bond donors (Lipinski definition) is 1. The van der Waals surface area contributed by atoms with E-state index >= 15 is 0 Å². The molecule has 15 heteroatoms. The zero-order valence-corrected chi connectivity index (χ0v) is 18.5. The fourth-order valence-corrected chi connectivity index (χ4v) is 5.08. The molecule has 0 spiro atoms. The maximum atomic E-state index is 13.2. The smallest absolute Gasteiger partial charge is 0.422 e. The molecular formula is C18H17F6N3O4S2. The molecule has 2 atom stereocenters. The Morgan fingerprint density at radius 2 is 1.91 bits per heavy atom. The van der Waals surface area contributed by atoms with E-state index in [9.17, 15) is 41.0 Å². The first-order valence-electron chi connectivity index (χ1n) is 9.40. The van der Waals surface area contributed by atoms with Crippen molar-refractivity contribution >= 4 is 34.6 Å². The van der Waals surface area contributed by atoms with Crippen molar-refractivity contribution in [2.24, 2.45) is 5.92 Å². The van der Waals surface area contributed by atoms with E-state index < -0.39 is 62.2 Å². The summed E-state index contributed by atoms with van der Waals surface area (Å²) in [6, 6.07) is -1.59. The topological polar surface area (TPSA) is 92.6 Å². The lowest BCUT2D eigenvalue weighted by atomic mass is 10.0. The van der Waals surface area contributed by atoms with Gasteiger partial charge in [0, 0.05) is 11.9 Å². The van der Waals surface area contributed by atoms with Crippen LogP contribution in [0.1, 0.15) is 22.1 Å². The molecule has 1 fully saturated rings. The van der Waals surface area contributed by atoms with Crippen LogP contribution in [0.15, 0.2) is 5.38 Å². The van der Waals surface area contributed by atoms with Gasteiger partial charge in [0.15, 0.2) is 12.4 Å². The van der Waals surface area contributed by atoms with Crippen LogP contribution in [0.2, 0.25) is 0 Å². The third-order valence-corrected chi connectivity index (χ3v) is 6.83. The maximum absolute atomic E-state index is 13.2. The Bertz CT molecular complexity index is 1020. The van der Waals surface area contributed by atoms with E-state index in [0.29, 0.717) is 26.2 Å². The van der Waals surface area contributed by atoms with Crippen molar-refractivity contribution in [3.05, 3.63) is 21.1 Å². The van der Waals surface area contributed by atoms with Gasteiger partial charge < -0.3 is 9.84 Å². The van der Waals surface area contributed by atoms with E-state index in [2.05, 4.69) is 14.7 Å². The molecule has 0 aromatic carbocycles. The number of aryl methyl sites for hydroxylation is 1. The van der Waals surface area contributed by atoms with Gasteiger partial charge in [0.05, 0.1) is 41.3 Å². The molecule has 1 aliphatic rings. The molecular weight excluding hydrogens is 500 g/mol. The molecule has 0 bridgehead atoms. The SMILES string of the molecule is Cc1nc(CO)sc1-c1csc(CC(=O)C2C[C@H](C(F)(F)F)CN2C(=O)OCC(F)(F)F)n1. The Hall–Kier alpha value is -2.26. The van der Waals surface area contributed by atoms with E-state index in [1.807, 2.05) is 0 Å². The molecule has 1 saturated heterocycles. The summed E-state index contributed by atoms with van der Waals surface area (Å²) in [5.41, 5.74) is 1.08. The van der Waals surface area contributed by atoms with Crippen LogP contribution in [0.5, 0.6) is 0 Å². The molecule has 3 rings (SSSR count). The molecule has 2 aromatic heterocycles. The van der Waals surface area contributed by atoms with Crippen LogP contribution in [-0.2, 0) is 22.6 Å². The van der Waals surface area contributed by atoms with Crippen LogP contribution in [0, 0.1) is 12.8 Å². The number of alkyl halides is 6. The molecule has 182 valence electrons. The molecule has 7 nitrogen and oxygen atoms in total. The summed E-state index contributed by atoms with van der Waals surface area (Å²) >= 11 is 2.26. The number of ketones is 1. The highest BCUT2D eigenvalue weighted by atomic mass is 32.1. The van der Waals surface area contributed by atoms with E-state index in [1.54, 1.807) is 12.3 Å². The van der Waals surface area contributed by atoms with Crippen molar-refractivity contribution in [3.8, 4) is 10.6 Å². The molecule has 2 aromatic rings. The number of aliphatic hydroxyl groups excluding tert-OH is 1. The Labute approximate surface area is 191 Å². The highest BCUT2D eigenvalue weighted by Gasteiger charge is 2.51. The number of amides is 1. The van der Waals surface area contributed by atoms with Crippen LogP contribution in [0.3, 0.4) is 0 Å². The zero-order chi connectivity index (χ0) is 24.6. The second kappa shape index (κ2) is 9.54. The summed E-state index contributed by atoms with van der Waals surface area (Å²) in [5.74, 6) is -2.85. The normalized spacial score (nSPS) is 19.2. The monoisotopic (exact) mass is 517 g/mol. The molecule has 0 saturated carbocycles. The molecule has 3 heterocycles. The minimum atomic E-state index is -4.86. The summed E-state index contributed by atoms with van der Waals surface area (Å²) in [7, 11) is 0. The number of Topliss-reactive ketones (excluding diaryl/α,β-unsaturated/α-hetero) is 1. The lowest BCUT2D eigenvalue weighted by molar-refractivity contribution is -0.172. The number of carbonyl (C=O) groups is 2. The second-order valence-electron chi connectivity index (χ2n) is 7.26. The van der Waals surface area contributed by atoms with E-state index in [4.69, 9.17) is 0 Å². The first-order valence-corrected chi connectivity index (χ1v) is 11.1. The Balaban J connectivity index is 1.75. The van der Waals surface area contributed by atoms with Crippen LogP contribution in [0.4, 0.5) is 31.1 Å². The van der Waals surface area contributed by atoms with Crippen molar-refractivity contribution in [2.45, 2.75) is 44.8 Å². The summed E-state index contributed by atoms with van der Waals surface area (Å²) in [6.07, 6.45) is -12.4.